The lowest BCUT2D eigenvalue weighted by Gasteiger charge is -2.28. The van der Waals surface area contributed by atoms with Gasteiger partial charge < -0.3 is 10.1 Å². The number of rotatable bonds is 8. The molecule has 0 radical (unpaired) electrons. The first kappa shape index (κ1) is 21.3. The molecule has 2 aromatic rings. The van der Waals surface area contributed by atoms with Crippen LogP contribution in [-0.4, -0.2) is 37.5 Å². The van der Waals surface area contributed by atoms with Crippen LogP contribution in [0.5, 0.6) is 5.75 Å². The molecule has 6 nitrogen and oxygen atoms in total. The normalized spacial score (nSPS) is 14.3. The van der Waals surface area contributed by atoms with Gasteiger partial charge >= 0.3 is 0 Å². The fourth-order valence-electron chi connectivity index (χ4n) is 3.27. The predicted molar refractivity (Wildman–Crippen MR) is 115 cm³/mol. The number of sulfonamides is 1. The van der Waals surface area contributed by atoms with Crippen molar-refractivity contribution in [2.24, 2.45) is 0 Å². The largest absolute Gasteiger partial charge is 0.494 e. The van der Waals surface area contributed by atoms with Crippen molar-refractivity contribution in [2.45, 2.75) is 39.7 Å². The summed E-state index contributed by atoms with van der Waals surface area (Å²) in [5, 5.41) is 2.90. The number of carbonyl (C=O) groups excluding carboxylic acids is 1. The van der Waals surface area contributed by atoms with Crippen molar-refractivity contribution < 1.29 is 17.9 Å². The van der Waals surface area contributed by atoms with Crippen molar-refractivity contribution in [3.8, 4) is 5.75 Å². The highest BCUT2D eigenvalue weighted by Gasteiger charge is 2.25. The zero-order valence-electron chi connectivity index (χ0n) is 17.0. The summed E-state index contributed by atoms with van der Waals surface area (Å²) in [4.78, 5) is 12.6. The minimum Gasteiger partial charge on any atom is -0.494 e. The van der Waals surface area contributed by atoms with Crippen LogP contribution >= 0.6 is 0 Å². The van der Waals surface area contributed by atoms with Crippen LogP contribution in [0.15, 0.2) is 42.5 Å². The fraction of sp³-hybridized carbons (Fsp3) is 0.409. The van der Waals surface area contributed by atoms with Gasteiger partial charge in [0.1, 0.15) is 5.75 Å². The van der Waals surface area contributed by atoms with Gasteiger partial charge in [-0.05, 0) is 67.3 Å². The molecule has 156 valence electrons. The summed E-state index contributed by atoms with van der Waals surface area (Å²) in [5.74, 6) is 0.636. The third-order valence-corrected chi connectivity index (χ3v) is 6.91. The van der Waals surface area contributed by atoms with E-state index in [1.165, 1.54) is 4.31 Å². The van der Waals surface area contributed by atoms with E-state index in [-0.39, 0.29) is 11.7 Å². The number of hydrogen-bond acceptors (Lipinski definition) is 4. The quantitative estimate of drug-likeness (QED) is 0.664. The summed E-state index contributed by atoms with van der Waals surface area (Å²) < 4.78 is 31.5. The molecule has 1 aliphatic heterocycles. The zero-order chi connectivity index (χ0) is 20.9. The maximum Gasteiger partial charge on any atom is 0.255 e. The Hall–Kier alpha value is -2.38. The van der Waals surface area contributed by atoms with E-state index in [4.69, 9.17) is 4.74 Å². The van der Waals surface area contributed by atoms with Crippen molar-refractivity contribution in [2.75, 3.05) is 24.2 Å². The molecule has 0 atom stereocenters. The van der Waals surface area contributed by atoms with E-state index in [0.717, 1.165) is 29.7 Å². The number of unbranched alkanes of at least 4 members (excludes halogenated alkanes) is 1. The van der Waals surface area contributed by atoms with Gasteiger partial charge in [0.25, 0.3) is 5.91 Å². The first-order valence-corrected chi connectivity index (χ1v) is 11.7. The van der Waals surface area contributed by atoms with Crippen LogP contribution in [0.2, 0.25) is 0 Å². The topological polar surface area (TPSA) is 75.7 Å². The molecule has 2 aromatic carbocycles. The average molecular weight is 417 g/mol. The van der Waals surface area contributed by atoms with Crippen LogP contribution in [0.3, 0.4) is 0 Å². The minimum absolute atomic E-state index is 0.0942. The van der Waals surface area contributed by atoms with Crippen molar-refractivity contribution >= 4 is 21.6 Å². The van der Waals surface area contributed by atoms with Gasteiger partial charge in [0.15, 0.2) is 0 Å². The summed E-state index contributed by atoms with van der Waals surface area (Å²) in [6.45, 7) is 5.28. The molecular weight excluding hydrogens is 388 g/mol. The molecule has 0 spiro atoms. The van der Waals surface area contributed by atoms with Crippen LogP contribution in [0.1, 0.15) is 48.2 Å². The van der Waals surface area contributed by atoms with Crippen molar-refractivity contribution in [3.05, 3.63) is 59.2 Å². The summed E-state index contributed by atoms with van der Waals surface area (Å²) in [7, 11) is -3.22. The summed E-state index contributed by atoms with van der Waals surface area (Å²) >= 11 is 0. The van der Waals surface area contributed by atoms with E-state index in [1.807, 2.05) is 18.2 Å². The Bertz CT molecular complexity index is 955. The predicted octanol–water partition coefficient (Wildman–Crippen LogP) is 3.83. The lowest BCUT2D eigenvalue weighted by Crippen LogP contribution is -2.36. The SMILES string of the molecule is CCCCOc1ccc(C(=O)Nc2ccc3c(c2)CN(S(=O)(=O)CC)CC3)cc1. The van der Waals surface area contributed by atoms with Crippen molar-refractivity contribution in [3.63, 3.8) is 0 Å². The third kappa shape index (κ3) is 5.36. The summed E-state index contributed by atoms with van der Waals surface area (Å²) in [6.07, 6.45) is 2.75. The molecule has 0 saturated carbocycles. The molecule has 7 heteroatoms. The summed E-state index contributed by atoms with van der Waals surface area (Å²) in [5.41, 5.74) is 3.26. The van der Waals surface area contributed by atoms with E-state index < -0.39 is 10.0 Å². The average Bonchev–Trinajstić information content (AvgIpc) is 2.74. The van der Waals surface area contributed by atoms with Crippen LogP contribution in [-0.2, 0) is 23.0 Å². The number of benzene rings is 2. The Morgan fingerprint density at radius 3 is 2.55 bits per heavy atom. The molecule has 3 rings (SSSR count). The number of nitrogens with zero attached hydrogens (tertiary/aromatic N) is 1. The Morgan fingerprint density at radius 2 is 1.86 bits per heavy atom. The molecule has 1 aliphatic rings. The van der Waals surface area contributed by atoms with Gasteiger partial charge in [0.2, 0.25) is 10.0 Å². The van der Waals surface area contributed by atoms with Gasteiger partial charge in [-0.15, -0.1) is 0 Å². The third-order valence-electron chi connectivity index (χ3n) is 5.08. The molecule has 1 amide bonds. The van der Waals surface area contributed by atoms with E-state index in [1.54, 1.807) is 31.2 Å². The molecule has 0 fully saturated rings. The Balaban J connectivity index is 1.66. The second kappa shape index (κ2) is 9.41. The molecular formula is C22H28N2O4S. The highest BCUT2D eigenvalue weighted by Crippen LogP contribution is 2.25. The second-order valence-corrected chi connectivity index (χ2v) is 9.41. The molecule has 0 bridgehead atoms. The number of amides is 1. The molecule has 0 unspecified atom stereocenters. The smallest absolute Gasteiger partial charge is 0.255 e. The van der Waals surface area contributed by atoms with E-state index in [9.17, 15) is 13.2 Å². The van der Waals surface area contributed by atoms with Crippen molar-refractivity contribution in [1.82, 2.24) is 4.31 Å². The van der Waals surface area contributed by atoms with Crippen LogP contribution in [0.25, 0.3) is 0 Å². The molecule has 29 heavy (non-hydrogen) atoms. The first-order valence-electron chi connectivity index (χ1n) is 10.1. The number of nitrogens with one attached hydrogen (secondary N) is 1. The number of fused-ring (bicyclic) bond motifs is 1. The van der Waals surface area contributed by atoms with Gasteiger partial charge in [0, 0.05) is 24.3 Å². The lowest BCUT2D eigenvalue weighted by atomic mass is 10.0. The molecule has 0 aromatic heterocycles. The Morgan fingerprint density at radius 1 is 1.10 bits per heavy atom. The molecule has 1 N–H and O–H groups in total. The summed E-state index contributed by atoms with van der Waals surface area (Å²) in [6, 6.07) is 12.8. The van der Waals surface area contributed by atoms with Crippen LogP contribution in [0.4, 0.5) is 5.69 Å². The lowest BCUT2D eigenvalue weighted by molar-refractivity contribution is 0.102. The Kier molecular flexibility index (Phi) is 6.92. The maximum absolute atomic E-state index is 12.6. The molecule has 1 heterocycles. The van der Waals surface area contributed by atoms with E-state index >= 15 is 0 Å². The van der Waals surface area contributed by atoms with Crippen LogP contribution in [0, 0.1) is 0 Å². The number of hydrogen-bond donors (Lipinski definition) is 1. The molecule has 0 saturated heterocycles. The second-order valence-electron chi connectivity index (χ2n) is 7.15. The highest BCUT2D eigenvalue weighted by molar-refractivity contribution is 7.89. The zero-order valence-corrected chi connectivity index (χ0v) is 17.8. The van der Waals surface area contributed by atoms with Gasteiger partial charge in [-0.3, -0.25) is 4.79 Å². The Labute approximate surface area is 172 Å². The van der Waals surface area contributed by atoms with E-state index in [2.05, 4.69) is 12.2 Å². The maximum atomic E-state index is 12.6. The highest BCUT2D eigenvalue weighted by atomic mass is 32.2. The first-order chi connectivity index (χ1) is 13.9. The number of ether oxygens (including phenoxy) is 1. The van der Waals surface area contributed by atoms with E-state index in [0.29, 0.717) is 37.4 Å². The monoisotopic (exact) mass is 416 g/mol. The number of anilines is 1. The van der Waals surface area contributed by atoms with Gasteiger partial charge in [-0.1, -0.05) is 19.4 Å². The van der Waals surface area contributed by atoms with Crippen molar-refractivity contribution in [1.29, 1.82) is 0 Å². The van der Waals surface area contributed by atoms with Gasteiger partial charge in [-0.25, -0.2) is 8.42 Å². The van der Waals surface area contributed by atoms with Crippen LogP contribution < -0.4 is 10.1 Å². The fourth-order valence-corrected chi connectivity index (χ4v) is 4.34. The minimum atomic E-state index is -3.22. The van der Waals surface area contributed by atoms with Gasteiger partial charge in [-0.2, -0.15) is 4.31 Å². The van der Waals surface area contributed by atoms with Gasteiger partial charge in [0.05, 0.1) is 12.4 Å². The number of carbonyl (C=O) groups is 1. The standard InChI is InChI=1S/C22H28N2O4S/c1-3-5-14-28-21-10-7-18(8-11-21)22(25)23-20-9-6-17-12-13-24(16-19(17)15-20)29(26,27)4-2/h6-11,15H,3-5,12-14,16H2,1-2H3,(H,23,25). The molecule has 0 aliphatic carbocycles.